The summed E-state index contributed by atoms with van der Waals surface area (Å²) >= 11 is 0. The number of carbonyl (C=O) groups is 1. The number of hydrogen-bond donors (Lipinski definition) is 0. The highest BCUT2D eigenvalue weighted by Crippen LogP contribution is 2.16. The zero-order chi connectivity index (χ0) is 14.5. The van der Waals surface area contributed by atoms with Crippen molar-refractivity contribution in [3.63, 3.8) is 0 Å². The van der Waals surface area contributed by atoms with Gasteiger partial charge in [-0.05, 0) is 12.5 Å². The van der Waals surface area contributed by atoms with Gasteiger partial charge in [0.25, 0.3) is 5.56 Å². The monoisotopic (exact) mass is 272 g/mol. The van der Waals surface area contributed by atoms with Gasteiger partial charge in [0.1, 0.15) is 0 Å². The Hall–Kier alpha value is -2.43. The minimum atomic E-state index is -0.698. The molecule has 1 atom stereocenters. The first kappa shape index (κ1) is 14.0. The van der Waals surface area contributed by atoms with Crippen molar-refractivity contribution in [2.75, 3.05) is 7.11 Å². The molecular formula is C15H16N2O3. The van der Waals surface area contributed by atoms with Gasteiger partial charge in [-0.25, -0.2) is 9.48 Å². The van der Waals surface area contributed by atoms with Crippen LogP contribution in [0.1, 0.15) is 19.4 Å². The number of rotatable bonds is 4. The van der Waals surface area contributed by atoms with Crippen molar-refractivity contribution in [3.05, 3.63) is 52.8 Å². The number of carbonyl (C=O) groups excluding carboxylic acids is 1. The molecule has 0 saturated heterocycles. The van der Waals surface area contributed by atoms with Crippen molar-refractivity contribution in [2.24, 2.45) is 0 Å². The molecule has 2 aromatic rings. The predicted octanol–water partition coefficient (Wildman–Crippen LogP) is 2.03. The zero-order valence-electron chi connectivity index (χ0n) is 11.4. The van der Waals surface area contributed by atoms with Gasteiger partial charge in [0.15, 0.2) is 6.04 Å². The van der Waals surface area contributed by atoms with E-state index in [9.17, 15) is 9.59 Å². The van der Waals surface area contributed by atoms with E-state index in [0.717, 1.165) is 5.56 Å². The molecule has 1 heterocycles. The number of benzene rings is 1. The first-order valence-corrected chi connectivity index (χ1v) is 6.40. The van der Waals surface area contributed by atoms with E-state index < -0.39 is 12.0 Å². The molecule has 0 spiro atoms. The lowest BCUT2D eigenvalue weighted by atomic mass is 10.1. The van der Waals surface area contributed by atoms with Crippen molar-refractivity contribution in [1.82, 2.24) is 9.78 Å². The van der Waals surface area contributed by atoms with Crippen LogP contribution in [0, 0.1) is 0 Å². The summed E-state index contributed by atoms with van der Waals surface area (Å²) in [6, 6.07) is 11.9. The summed E-state index contributed by atoms with van der Waals surface area (Å²) in [6.07, 6.45) is 0.442. The molecule has 1 aromatic carbocycles. The molecule has 5 nitrogen and oxygen atoms in total. The molecule has 0 aliphatic carbocycles. The fraction of sp³-hybridized carbons (Fsp3) is 0.267. The highest BCUT2D eigenvalue weighted by molar-refractivity contribution is 5.73. The van der Waals surface area contributed by atoms with Gasteiger partial charge in [0.2, 0.25) is 0 Å². The van der Waals surface area contributed by atoms with Crippen molar-refractivity contribution in [3.8, 4) is 11.3 Å². The van der Waals surface area contributed by atoms with E-state index in [2.05, 4.69) is 5.10 Å². The molecule has 0 aliphatic heterocycles. The van der Waals surface area contributed by atoms with Crippen molar-refractivity contribution in [2.45, 2.75) is 19.4 Å². The summed E-state index contributed by atoms with van der Waals surface area (Å²) in [5, 5.41) is 4.29. The molecule has 0 bridgehead atoms. The summed E-state index contributed by atoms with van der Waals surface area (Å²) in [6.45, 7) is 1.81. The molecule has 0 radical (unpaired) electrons. The maximum Gasteiger partial charge on any atom is 0.330 e. The predicted molar refractivity (Wildman–Crippen MR) is 75.3 cm³/mol. The van der Waals surface area contributed by atoms with Gasteiger partial charge in [-0.2, -0.15) is 5.10 Å². The third-order valence-corrected chi connectivity index (χ3v) is 3.05. The second kappa shape index (κ2) is 6.14. The molecule has 104 valence electrons. The van der Waals surface area contributed by atoms with Crippen LogP contribution in [0.5, 0.6) is 0 Å². The summed E-state index contributed by atoms with van der Waals surface area (Å²) in [5.74, 6) is -0.465. The average Bonchev–Trinajstić information content (AvgIpc) is 2.50. The summed E-state index contributed by atoms with van der Waals surface area (Å²) in [4.78, 5) is 23.6. The van der Waals surface area contributed by atoms with E-state index in [-0.39, 0.29) is 5.56 Å². The summed E-state index contributed by atoms with van der Waals surface area (Å²) < 4.78 is 5.91. The first-order chi connectivity index (χ1) is 9.67. The Kier molecular flexibility index (Phi) is 4.30. The highest BCUT2D eigenvalue weighted by atomic mass is 16.5. The number of hydrogen-bond acceptors (Lipinski definition) is 4. The fourth-order valence-electron chi connectivity index (χ4n) is 1.99. The molecule has 0 fully saturated rings. The molecule has 1 aromatic heterocycles. The molecule has 20 heavy (non-hydrogen) atoms. The second-order valence-corrected chi connectivity index (χ2v) is 4.31. The largest absolute Gasteiger partial charge is 0.467 e. The lowest BCUT2D eigenvalue weighted by Gasteiger charge is -2.15. The van der Waals surface area contributed by atoms with E-state index in [1.165, 1.54) is 17.9 Å². The number of ether oxygens (including phenoxy) is 1. The first-order valence-electron chi connectivity index (χ1n) is 6.40. The van der Waals surface area contributed by atoms with Gasteiger partial charge in [0, 0.05) is 11.6 Å². The lowest BCUT2D eigenvalue weighted by molar-refractivity contribution is -0.145. The molecule has 0 amide bonds. The molecule has 5 heteroatoms. The third-order valence-electron chi connectivity index (χ3n) is 3.05. The number of nitrogens with zero attached hydrogens (tertiary/aromatic N) is 2. The Balaban J connectivity index is 2.49. The van der Waals surface area contributed by atoms with E-state index >= 15 is 0 Å². The molecule has 0 N–H and O–H groups in total. The second-order valence-electron chi connectivity index (χ2n) is 4.31. The van der Waals surface area contributed by atoms with Crippen LogP contribution in [-0.4, -0.2) is 22.9 Å². The fourth-order valence-corrected chi connectivity index (χ4v) is 1.99. The normalized spacial score (nSPS) is 11.9. The summed E-state index contributed by atoms with van der Waals surface area (Å²) in [5.41, 5.74) is 1.22. The zero-order valence-corrected chi connectivity index (χ0v) is 11.4. The molecule has 0 saturated carbocycles. The van der Waals surface area contributed by atoms with Crippen LogP contribution in [0.3, 0.4) is 0 Å². The Bertz CT molecular complexity index is 650. The minimum Gasteiger partial charge on any atom is -0.467 e. The number of methoxy groups -OCH3 is 1. The van der Waals surface area contributed by atoms with Gasteiger partial charge >= 0.3 is 5.97 Å². The van der Waals surface area contributed by atoms with E-state index in [4.69, 9.17) is 4.74 Å². The lowest BCUT2D eigenvalue weighted by Crippen LogP contribution is -2.32. The van der Waals surface area contributed by atoms with E-state index in [1.54, 1.807) is 6.07 Å². The minimum absolute atomic E-state index is 0.318. The van der Waals surface area contributed by atoms with Crippen LogP contribution in [0.4, 0.5) is 0 Å². The molecule has 0 unspecified atom stereocenters. The van der Waals surface area contributed by atoms with Gasteiger partial charge < -0.3 is 4.74 Å². The summed E-state index contributed by atoms with van der Waals surface area (Å²) in [7, 11) is 1.30. The maximum absolute atomic E-state index is 11.9. The van der Waals surface area contributed by atoms with Crippen LogP contribution >= 0.6 is 0 Å². The molecule has 2 rings (SSSR count). The van der Waals surface area contributed by atoms with Crippen LogP contribution in [0.15, 0.2) is 47.3 Å². The van der Waals surface area contributed by atoms with Crippen LogP contribution in [0.25, 0.3) is 11.3 Å². The topological polar surface area (TPSA) is 61.2 Å². The Labute approximate surface area is 116 Å². The Morgan fingerprint density at radius 2 is 1.95 bits per heavy atom. The van der Waals surface area contributed by atoms with E-state index in [1.807, 2.05) is 37.3 Å². The third kappa shape index (κ3) is 2.77. The molecular weight excluding hydrogens is 256 g/mol. The number of esters is 1. The van der Waals surface area contributed by atoms with Gasteiger partial charge in [-0.3, -0.25) is 4.79 Å². The SMILES string of the molecule is CC[C@H](C(=O)OC)n1nc(-c2ccccc2)ccc1=O. The van der Waals surface area contributed by atoms with Crippen molar-refractivity contribution in [1.29, 1.82) is 0 Å². The van der Waals surface area contributed by atoms with Crippen LogP contribution < -0.4 is 5.56 Å². The van der Waals surface area contributed by atoms with E-state index in [0.29, 0.717) is 12.1 Å². The van der Waals surface area contributed by atoms with Gasteiger partial charge in [-0.1, -0.05) is 37.3 Å². The standard InChI is InChI=1S/C15H16N2O3/c1-3-13(15(19)20-2)17-14(18)10-9-12(16-17)11-7-5-4-6-8-11/h4-10,13H,3H2,1-2H3/t13-/m1/s1. The van der Waals surface area contributed by atoms with Gasteiger partial charge in [-0.15, -0.1) is 0 Å². The number of aromatic nitrogens is 2. The van der Waals surface area contributed by atoms with Crippen LogP contribution in [0.2, 0.25) is 0 Å². The Morgan fingerprint density at radius 1 is 1.25 bits per heavy atom. The smallest absolute Gasteiger partial charge is 0.330 e. The average molecular weight is 272 g/mol. The van der Waals surface area contributed by atoms with Crippen molar-refractivity contribution >= 4 is 5.97 Å². The molecule has 0 aliphatic rings. The highest BCUT2D eigenvalue weighted by Gasteiger charge is 2.21. The quantitative estimate of drug-likeness (QED) is 0.799. The van der Waals surface area contributed by atoms with Crippen LogP contribution in [-0.2, 0) is 9.53 Å². The van der Waals surface area contributed by atoms with Gasteiger partial charge in [0.05, 0.1) is 12.8 Å². The Morgan fingerprint density at radius 3 is 2.55 bits per heavy atom. The van der Waals surface area contributed by atoms with Crippen molar-refractivity contribution < 1.29 is 9.53 Å². The maximum atomic E-state index is 11.9.